The number of ether oxygens (including phenoxy) is 1. The van der Waals surface area contributed by atoms with Crippen LogP contribution in [0.25, 0.3) is 0 Å². The van der Waals surface area contributed by atoms with Crippen molar-refractivity contribution in [1.82, 2.24) is 10.6 Å². The number of rotatable bonds is 7. The molecule has 0 bridgehead atoms. The summed E-state index contributed by atoms with van der Waals surface area (Å²) in [6.45, 7) is 2.22. The Morgan fingerprint density at radius 2 is 2.25 bits per heavy atom. The van der Waals surface area contributed by atoms with E-state index in [1.165, 1.54) is 11.3 Å². The molecular weight excluding hydrogens is 324 g/mol. The molecule has 5 nitrogen and oxygen atoms in total. The first-order valence-corrected chi connectivity index (χ1v) is 8.45. The van der Waals surface area contributed by atoms with Crippen molar-refractivity contribution < 1.29 is 14.6 Å². The largest absolute Gasteiger partial charge is 0.481 e. The molecule has 0 aliphatic carbocycles. The maximum Gasteiger partial charge on any atom is 0.315 e. The molecule has 1 aromatic heterocycles. The summed E-state index contributed by atoms with van der Waals surface area (Å²) in [5.41, 5.74) is 1.70. The van der Waals surface area contributed by atoms with Crippen LogP contribution in [-0.4, -0.2) is 24.3 Å². The Kier molecular flexibility index (Phi) is 6.67. The number of terminal acetylenes is 1. The van der Waals surface area contributed by atoms with Crippen LogP contribution in [0.2, 0.25) is 0 Å². The molecule has 0 spiro atoms. The van der Waals surface area contributed by atoms with Crippen LogP contribution in [0.4, 0.5) is 4.79 Å². The second kappa shape index (κ2) is 8.96. The van der Waals surface area contributed by atoms with Gasteiger partial charge < -0.3 is 20.5 Å². The minimum atomic E-state index is -0.710. The van der Waals surface area contributed by atoms with Gasteiger partial charge >= 0.3 is 6.03 Å². The number of urea groups is 1. The topological polar surface area (TPSA) is 70.6 Å². The number of carbonyl (C=O) groups excluding carboxylic acids is 1. The molecule has 0 radical (unpaired) electrons. The van der Waals surface area contributed by atoms with Crippen LogP contribution < -0.4 is 15.4 Å². The summed E-state index contributed by atoms with van der Waals surface area (Å²) in [7, 11) is 0. The highest BCUT2D eigenvalue weighted by molar-refractivity contribution is 7.07. The molecule has 0 saturated carbocycles. The molecule has 126 valence electrons. The predicted octanol–water partition coefficient (Wildman–Crippen LogP) is 2.85. The first-order chi connectivity index (χ1) is 11.6. The van der Waals surface area contributed by atoms with Crippen molar-refractivity contribution in [2.45, 2.75) is 19.1 Å². The molecule has 0 unspecified atom stereocenters. The highest BCUT2D eigenvalue weighted by atomic mass is 32.1. The van der Waals surface area contributed by atoms with E-state index in [-0.39, 0.29) is 25.2 Å². The van der Waals surface area contributed by atoms with Crippen LogP contribution in [0, 0.1) is 12.3 Å². The summed E-state index contributed by atoms with van der Waals surface area (Å²) in [6, 6.07) is 8.67. The average molecular weight is 344 g/mol. The van der Waals surface area contributed by atoms with Crippen LogP contribution in [0.3, 0.4) is 0 Å². The molecular formula is C18H20N2O3S. The average Bonchev–Trinajstić information content (AvgIpc) is 3.12. The van der Waals surface area contributed by atoms with Crippen LogP contribution in [0.1, 0.15) is 30.2 Å². The van der Waals surface area contributed by atoms with E-state index in [1.807, 2.05) is 48.0 Å². The predicted molar refractivity (Wildman–Crippen MR) is 95.0 cm³/mol. The third-order valence-electron chi connectivity index (χ3n) is 3.41. The maximum atomic E-state index is 12.0. The van der Waals surface area contributed by atoms with Gasteiger partial charge in [0, 0.05) is 6.54 Å². The van der Waals surface area contributed by atoms with Gasteiger partial charge in [-0.05, 0) is 47.0 Å². The number of amides is 2. The number of aliphatic hydroxyl groups excluding tert-OH is 1. The van der Waals surface area contributed by atoms with Crippen LogP contribution in [-0.2, 0) is 0 Å². The first-order valence-electron chi connectivity index (χ1n) is 7.51. The van der Waals surface area contributed by atoms with Gasteiger partial charge in [-0.3, -0.25) is 0 Å². The van der Waals surface area contributed by atoms with Gasteiger partial charge in [-0.25, -0.2) is 4.79 Å². The van der Waals surface area contributed by atoms with Crippen molar-refractivity contribution in [2.75, 3.05) is 13.2 Å². The molecule has 24 heavy (non-hydrogen) atoms. The van der Waals surface area contributed by atoms with Crippen molar-refractivity contribution in [1.29, 1.82) is 0 Å². The molecule has 3 N–H and O–H groups in total. The van der Waals surface area contributed by atoms with Crippen molar-refractivity contribution >= 4 is 17.4 Å². The second-order valence-corrected chi connectivity index (χ2v) is 5.99. The summed E-state index contributed by atoms with van der Waals surface area (Å²) < 4.78 is 5.37. The lowest BCUT2D eigenvalue weighted by atomic mass is 10.1. The molecule has 0 fully saturated rings. The first kappa shape index (κ1) is 17.9. The fourth-order valence-corrected chi connectivity index (χ4v) is 2.81. The van der Waals surface area contributed by atoms with Gasteiger partial charge in [-0.2, -0.15) is 11.3 Å². The van der Waals surface area contributed by atoms with E-state index in [0.29, 0.717) is 5.75 Å². The summed E-state index contributed by atoms with van der Waals surface area (Å²) in [4.78, 5) is 12.0. The number of carbonyl (C=O) groups is 1. The number of benzene rings is 1. The number of thiophene rings is 1. The number of hydrogen-bond acceptors (Lipinski definition) is 4. The molecule has 1 aromatic carbocycles. The highest BCUT2D eigenvalue weighted by Crippen LogP contribution is 2.19. The molecule has 2 amide bonds. The van der Waals surface area contributed by atoms with Gasteiger partial charge in [0.05, 0.1) is 12.1 Å². The van der Waals surface area contributed by atoms with Gasteiger partial charge in [0.15, 0.2) is 0 Å². The van der Waals surface area contributed by atoms with Crippen molar-refractivity contribution in [2.24, 2.45) is 0 Å². The molecule has 6 heteroatoms. The number of aliphatic hydroxyl groups is 1. The van der Waals surface area contributed by atoms with E-state index in [0.717, 1.165) is 11.1 Å². The lowest BCUT2D eigenvalue weighted by Gasteiger charge is -2.17. The SMILES string of the molecule is C#CCOc1cccc([C@@H](C)NC(=O)NC[C@@H](O)c2ccsc2)c1. The molecule has 2 aromatic rings. The van der Waals surface area contributed by atoms with E-state index >= 15 is 0 Å². The minimum Gasteiger partial charge on any atom is -0.481 e. The van der Waals surface area contributed by atoms with Crippen molar-refractivity contribution in [3.63, 3.8) is 0 Å². The van der Waals surface area contributed by atoms with Gasteiger partial charge in [0.2, 0.25) is 0 Å². The summed E-state index contributed by atoms with van der Waals surface area (Å²) in [5.74, 6) is 3.07. The summed E-state index contributed by atoms with van der Waals surface area (Å²) >= 11 is 1.50. The fraction of sp³-hybridized carbons (Fsp3) is 0.278. The highest BCUT2D eigenvalue weighted by Gasteiger charge is 2.13. The Bertz CT molecular complexity index is 695. The Labute approximate surface area is 145 Å². The van der Waals surface area contributed by atoms with E-state index in [1.54, 1.807) is 0 Å². The molecule has 0 aliphatic heterocycles. The standard InChI is InChI=1S/C18H20N2O3S/c1-3-8-23-16-6-4-5-14(10-16)13(2)20-18(22)19-11-17(21)15-7-9-24-12-15/h1,4-7,9-10,12-13,17,21H,8,11H2,2H3,(H2,19,20,22)/t13-,17-/m1/s1. The molecule has 2 rings (SSSR count). The van der Waals surface area contributed by atoms with E-state index in [9.17, 15) is 9.90 Å². The lowest BCUT2D eigenvalue weighted by Crippen LogP contribution is -2.39. The quantitative estimate of drug-likeness (QED) is 0.677. The molecule has 0 saturated heterocycles. The molecule has 2 atom stereocenters. The Morgan fingerprint density at radius 3 is 2.96 bits per heavy atom. The molecule has 1 heterocycles. The van der Waals surface area contributed by atoms with Gasteiger partial charge in [0.25, 0.3) is 0 Å². The van der Waals surface area contributed by atoms with Crippen molar-refractivity contribution in [3.05, 3.63) is 52.2 Å². The van der Waals surface area contributed by atoms with E-state index < -0.39 is 6.10 Å². The number of hydrogen-bond donors (Lipinski definition) is 3. The van der Waals surface area contributed by atoms with Gasteiger partial charge in [0.1, 0.15) is 12.4 Å². The zero-order valence-corrected chi connectivity index (χ0v) is 14.2. The smallest absolute Gasteiger partial charge is 0.315 e. The number of nitrogens with one attached hydrogen (secondary N) is 2. The third-order valence-corrected chi connectivity index (χ3v) is 4.11. The van der Waals surface area contributed by atoms with Crippen LogP contribution >= 0.6 is 11.3 Å². The Hall–Kier alpha value is -2.49. The monoisotopic (exact) mass is 344 g/mol. The lowest BCUT2D eigenvalue weighted by molar-refractivity contribution is 0.173. The van der Waals surface area contributed by atoms with Crippen LogP contribution in [0.5, 0.6) is 5.75 Å². The summed E-state index contributed by atoms with van der Waals surface area (Å²) in [6.07, 6.45) is 4.46. The van der Waals surface area contributed by atoms with Crippen molar-refractivity contribution in [3.8, 4) is 18.1 Å². The Balaban J connectivity index is 1.84. The van der Waals surface area contributed by atoms with E-state index in [2.05, 4.69) is 16.6 Å². The zero-order valence-electron chi connectivity index (χ0n) is 13.4. The Morgan fingerprint density at radius 1 is 1.42 bits per heavy atom. The van der Waals surface area contributed by atoms with Gasteiger partial charge in [-0.15, -0.1) is 6.42 Å². The van der Waals surface area contributed by atoms with E-state index in [4.69, 9.17) is 11.2 Å². The maximum absolute atomic E-state index is 12.0. The normalized spacial score (nSPS) is 12.7. The van der Waals surface area contributed by atoms with Gasteiger partial charge in [-0.1, -0.05) is 18.1 Å². The second-order valence-electron chi connectivity index (χ2n) is 5.21. The third kappa shape index (κ3) is 5.30. The molecule has 0 aliphatic rings. The zero-order chi connectivity index (χ0) is 17.4. The van der Waals surface area contributed by atoms with Crippen LogP contribution in [0.15, 0.2) is 41.1 Å². The fourth-order valence-electron chi connectivity index (χ4n) is 2.10. The minimum absolute atomic E-state index is 0.153. The summed E-state index contributed by atoms with van der Waals surface area (Å²) in [5, 5.41) is 19.2.